The summed E-state index contributed by atoms with van der Waals surface area (Å²) in [7, 11) is 0. The van der Waals surface area contributed by atoms with Gasteiger partial charge in [-0.05, 0) is 0 Å². The zero-order chi connectivity index (χ0) is 21.3. The molecule has 0 aliphatic heterocycles. The molecule has 0 nitrogen and oxygen atoms in total. The summed E-state index contributed by atoms with van der Waals surface area (Å²) < 4.78 is 4.41. The van der Waals surface area contributed by atoms with Gasteiger partial charge in [0.1, 0.15) is 0 Å². The van der Waals surface area contributed by atoms with Gasteiger partial charge in [0.2, 0.25) is 0 Å². The van der Waals surface area contributed by atoms with E-state index in [1.165, 1.54) is 68.9 Å². The van der Waals surface area contributed by atoms with Gasteiger partial charge in [0, 0.05) is 0 Å². The molecular weight excluding hydrogens is 622 g/mol. The van der Waals surface area contributed by atoms with Crippen molar-refractivity contribution >= 4 is 3.26 Å². The second-order valence-corrected chi connectivity index (χ2v) is 19.3. The van der Waals surface area contributed by atoms with Crippen molar-refractivity contribution in [3.63, 3.8) is 0 Å². The normalized spacial score (nSPS) is 20.4. The Bertz CT molecular complexity index is 1140. The Morgan fingerprint density at radius 3 is 2.03 bits per heavy atom. The molecule has 0 fully saturated rings. The molecule has 0 aromatic heterocycles. The zero-order valence-corrected chi connectivity index (χ0v) is 24.8. The zero-order valence-electron chi connectivity index (χ0n) is 19.7. The number of fused-ring (bicyclic) bond motifs is 1. The summed E-state index contributed by atoms with van der Waals surface area (Å²) in [5.41, 5.74) is 10.4. The molecule has 34 heavy (non-hydrogen) atoms. The molecule has 2 aromatic carbocycles. The Hall–Kier alpha value is -1.28. The van der Waals surface area contributed by atoms with Crippen LogP contribution in [0, 0.1) is 0 Å². The first-order valence-corrected chi connectivity index (χ1v) is 18.2. The predicted octanol–water partition coefficient (Wildman–Crippen LogP) is 2.27. The number of rotatable bonds is 4. The van der Waals surface area contributed by atoms with Crippen molar-refractivity contribution in [3.05, 3.63) is 116 Å². The van der Waals surface area contributed by atoms with Crippen molar-refractivity contribution in [1.29, 1.82) is 0 Å². The second kappa shape index (κ2) is 11.6. The molecule has 0 saturated carbocycles. The summed E-state index contributed by atoms with van der Waals surface area (Å²) in [6.07, 6.45) is 19.5. The number of hydrogen-bond acceptors (Lipinski definition) is 0. The topological polar surface area (TPSA) is 0 Å². The van der Waals surface area contributed by atoms with Crippen molar-refractivity contribution in [3.8, 4) is 0 Å². The molecule has 1 unspecified atom stereocenters. The van der Waals surface area contributed by atoms with E-state index >= 15 is 0 Å². The van der Waals surface area contributed by atoms with Crippen LogP contribution in [0.15, 0.2) is 105 Å². The fourth-order valence-corrected chi connectivity index (χ4v) is 20.2. The summed E-state index contributed by atoms with van der Waals surface area (Å²) in [6, 6.07) is 22.8. The number of benzene rings is 2. The Morgan fingerprint density at radius 1 is 0.735 bits per heavy atom. The fraction of sp³-hybridized carbons (Fsp3) is 0.323. The van der Waals surface area contributed by atoms with Crippen molar-refractivity contribution < 1.29 is 45.8 Å². The SMILES string of the molecule is C1=CC[C]([Hf+2](=[C](c2ccccc2)c2ccccc2)[CH]2CCCC3=C2CC2=C3CCCC2)=C1.[Cl-].[Cl-]. The van der Waals surface area contributed by atoms with Crippen molar-refractivity contribution in [1.82, 2.24) is 0 Å². The molecule has 1 atom stereocenters. The standard InChI is InChI=1S/C13H17.C13H10.C5H5.2ClH.Hf/c1-3-7-12-10(5-1)9-11-6-2-4-8-13(11)12;1-3-7-12(8-4-1)11-13-9-5-2-6-10-13;1-2-4-5-3-1;;;/h5H,1-4,6-9H2;1-10H;1-3H,4H2;2*1H;/q;;;;;+2/p-2. The van der Waals surface area contributed by atoms with E-state index in [1.54, 1.807) is 3.26 Å². The van der Waals surface area contributed by atoms with E-state index in [0.29, 0.717) is 0 Å². The van der Waals surface area contributed by atoms with Crippen LogP contribution in [0.1, 0.15) is 68.9 Å². The third kappa shape index (κ3) is 4.86. The Morgan fingerprint density at radius 2 is 1.38 bits per heavy atom. The predicted molar refractivity (Wildman–Crippen MR) is 133 cm³/mol. The third-order valence-electron chi connectivity index (χ3n) is 7.94. The molecule has 0 amide bonds. The van der Waals surface area contributed by atoms with Gasteiger partial charge in [0.25, 0.3) is 0 Å². The van der Waals surface area contributed by atoms with Gasteiger partial charge in [0.05, 0.1) is 0 Å². The molecule has 0 N–H and O–H groups in total. The molecule has 2 aromatic rings. The van der Waals surface area contributed by atoms with Crippen molar-refractivity contribution in [2.75, 3.05) is 0 Å². The van der Waals surface area contributed by atoms with Crippen LogP contribution in [-0.4, -0.2) is 3.26 Å². The van der Waals surface area contributed by atoms with Gasteiger partial charge in [-0.1, -0.05) is 0 Å². The number of halogens is 2. The molecule has 4 aliphatic rings. The van der Waals surface area contributed by atoms with E-state index in [9.17, 15) is 0 Å². The first kappa shape index (κ1) is 25.8. The molecule has 0 radical (unpaired) electrons. The molecule has 0 heterocycles. The van der Waals surface area contributed by atoms with Crippen LogP contribution in [0.25, 0.3) is 0 Å². The van der Waals surface area contributed by atoms with Crippen molar-refractivity contribution in [2.24, 2.45) is 0 Å². The summed E-state index contributed by atoms with van der Waals surface area (Å²) in [4.78, 5) is 0. The van der Waals surface area contributed by atoms with Crippen LogP contribution >= 0.6 is 0 Å². The van der Waals surface area contributed by atoms with Crippen LogP contribution in [0.5, 0.6) is 0 Å². The summed E-state index contributed by atoms with van der Waals surface area (Å²) >= 11 is -2.45. The summed E-state index contributed by atoms with van der Waals surface area (Å²) in [5.74, 6) is 0. The maximum absolute atomic E-state index is 2.52. The van der Waals surface area contributed by atoms with E-state index in [1.807, 2.05) is 25.6 Å². The monoisotopic (exact) mass is 654 g/mol. The van der Waals surface area contributed by atoms with Gasteiger partial charge in [-0.25, -0.2) is 0 Å². The minimum Gasteiger partial charge on any atom is -1.00 e. The molecule has 6 rings (SSSR count). The average Bonchev–Trinajstić information content (AvgIpc) is 3.52. The van der Waals surface area contributed by atoms with Gasteiger partial charge < -0.3 is 24.8 Å². The third-order valence-corrected chi connectivity index (χ3v) is 20.6. The van der Waals surface area contributed by atoms with E-state index in [-0.39, 0.29) is 24.8 Å². The minimum absolute atomic E-state index is 0. The quantitative estimate of drug-likeness (QED) is 0.445. The van der Waals surface area contributed by atoms with E-state index in [2.05, 4.69) is 78.9 Å². The number of hydrogen-bond donors (Lipinski definition) is 0. The molecule has 0 bridgehead atoms. The van der Waals surface area contributed by atoms with E-state index < -0.39 is 21.0 Å². The Kier molecular flexibility index (Phi) is 8.83. The smallest absolute Gasteiger partial charge is 1.00 e. The largest absolute Gasteiger partial charge is 1.00 e. The molecule has 0 saturated heterocycles. The van der Waals surface area contributed by atoms with E-state index in [4.69, 9.17) is 0 Å². The van der Waals surface area contributed by atoms with Gasteiger partial charge in [0.15, 0.2) is 0 Å². The summed E-state index contributed by atoms with van der Waals surface area (Å²) in [5, 5.41) is 0. The molecular formula is C31H32Cl2Hf. The molecule has 174 valence electrons. The first-order chi connectivity index (χ1) is 15.9. The molecule has 0 spiro atoms. The average molecular weight is 654 g/mol. The number of allylic oxidation sites excluding steroid dienone is 8. The van der Waals surface area contributed by atoms with Crippen LogP contribution < -0.4 is 24.8 Å². The van der Waals surface area contributed by atoms with Crippen LogP contribution in [-0.2, 0) is 21.0 Å². The van der Waals surface area contributed by atoms with Crippen LogP contribution in [0.2, 0.25) is 3.67 Å². The Labute approximate surface area is 224 Å². The van der Waals surface area contributed by atoms with Gasteiger partial charge in [-0.15, -0.1) is 0 Å². The second-order valence-electron chi connectivity index (χ2n) is 9.76. The maximum Gasteiger partial charge on any atom is -1.00 e. The minimum atomic E-state index is -2.45. The van der Waals surface area contributed by atoms with Gasteiger partial charge in [-0.2, -0.15) is 0 Å². The first-order valence-electron chi connectivity index (χ1n) is 12.5. The van der Waals surface area contributed by atoms with Gasteiger partial charge >= 0.3 is 201 Å². The Balaban J connectivity index is 0.00000137. The molecule has 4 aliphatic carbocycles. The van der Waals surface area contributed by atoms with Crippen molar-refractivity contribution in [2.45, 2.75) is 61.5 Å². The van der Waals surface area contributed by atoms with Crippen LogP contribution in [0.4, 0.5) is 0 Å². The van der Waals surface area contributed by atoms with Gasteiger partial charge in [-0.3, -0.25) is 0 Å². The van der Waals surface area contributed by atoms with E-state index in [0.717, 1.165) is 3.67 Å². The fourth-order valence-electron chi connectivity index (χ4n) is 6.57. The van der Waals surface area contributed by atoms with Crippen LogP contribution in [0.3, 0.4) is 0 Å². The maximum atomic E-state index is 2.52. The molecule has 3 heteroatoms. The summed E-state index contributed by atoms with van der Waals surface area (Å²) in [6.45, 7) is 0.